The third-order valence-electron chi connectivity index (χ3n) is 5.05. The number of nitrogens with one attached hydrogen (secondary N) is 1. The number of ether oxygens (including phenoxy) is 2. The van der Waals surface area contributed by atoms with E-state index in [-0.39, 0.29) is 12.7 Å². The number of hydrogen-bond acceptors (Lipinski definition) is 5. The van der Waals surface area contributed by atoms with Crippen molar-refractivity contribution in [1.29, 1.82) is 0 Å². The van der Waals surface area contributed by atoms with Crippen molar-refractivity contribution >= 4 is 17.3 Å². The van der Waals surface area contributed by atoms with Gasteiger partial charge in [0, 0.05) is 30.5 Å². The zero-order valence-corrected chi connectivity index (χ0v) is 14.9. The Kier molecular flexibility index (Phi) is 4.65. The van der Waals surface area contributed by atoms with Gasteiger partial charge in [0.25, 0.3) is 5.91 Å². The monoisotopic (exact) mass is 353 g/mol. The second-order valence-corrected chi connectivity index (χ2v) is 6.71. The average molecular weight is 353 g/mol. The number of aromatic nitrogens is 1. The summed E-state index contributed by atoms with van der Waals surface area (Å²) in [5.41, 5.74) is 2.25. The van der Waals surface area contributed by atoms with Crippen LogP contribution in [0.2, 0.25) is 0 Å². The van der Waals surface area contributed by atoms with Gasteiger partial charge in [-0.2, -0.15) is 0 Å². The summed E-state index contributed by atoms with van der Waals surface area (Å²) in [6.07, 6.45) is 8.22. The van der Waals surface area contributed by atoms with E-state index in [1.54, 1.807) is 24.4 Å². The van der Waals surface area contributed by atoms with E-state index in [9.17, 15) is 4.79 Å². The van der Waals surface area contributed by atoms with Crippen LogP contribution >= 0.6 is 0 Å². The van der Waals surface area contributed by atoms with Gasteiger partial charge in [-0.25, -0.2) is 0 Å². The molecule has 1 aromatic heterocycles. The maximum absolute atomic E-state index is 12.7. The summed E-state index contributed by atoms with van der Waals surface area (Å²) in [4.78, 5) is 19.3. The summed E-state index contributed by atoms with van der Waals surface area (Å²) in [6.45, 7) is 3.45. The molecule has 1 saturated heterocycles. The average Bonchev–Trinajstić information content (AvgIpc) is 3.16. The number of anilines is 2. The summed E-state index contributed by atoms with van der Waals surface area (Å²) in [5.74, 6) is 1.17. The van der Waals surface area contributed by atoms with Crippen LogP contribution in [0.3, 0.4) is 0 Å². The summed E-state index contributed by atoms with van der Waals surface area (Å²) in [7, 11) is 0. The molecule has 0 saturated carbocycles. The van der Waals surface area contributed by atoms with E-state index < -0.39 is 0 Å². The molecule has 1 atom stereocenters. The minimum Gasteiger partial charge on any atom is -0.454 e. The Hall–Kier alpha value is -2.76. The smallest absolute Gasteiger partial charge is 0.257 e. The van der Waals surface area contributed by atoms with Crippen LogP contribution < -0.4 is 19.7 Å². The number of carbonyl (C=O) groups is 1. The molecule has 2 aliphatic heterocycles. The summed E-state index contributed by atoms with van der Waals surface area (Å²) in [6, 6.07) is 7.84. The Labute approximate surface area is 153 Å². The molecule has 6 heteroatoms. The van der Waals surface area contributed by atoms with E-state index in [1.807, 2.05) is 12.3 Å². The molecule has 136 valence electrons. The third kappa shape index (κ3) is 3.31. The van der Waals surface area contributed by atoms with Gasteiger partial charge in [0.15, 0.2) is 11.5 Å². The second-order valence-electron chi connectivity index (χ2n) is 6.71. The number of fused-ring (bicyclic) bond motifs is 1. The predicted octanol–water partition coefficient (Wildman–Crippen LogP) is 3.83. The molecule has 1 amide bonds. The van der Waals surface area contributed by atoms with Crippen molar-refractivity contribution in [2.75, 3.05) is 23.6 Å². The summed E-state index contributed by atoms with van der Waals surface area (Å²) >= 11 is 0. The highest BCUT2D eigenvalue weighted by atomic mass is 16.7. The zero-order valence-electron chi connectivity index (χ0n) is 14.9. The molecule has 0 bridgehead atoms. The van der Waals surface area contributed by atoms with E-state index in [2.05, 4.69) is 22.1 Å². The molecular formula is C20H23N3O3. The second kappa shape index (κ2) is 7.23. The van der Waals surface area contributed by atoms with Crippen LogP contribution in [0.1, 0.15) is 43.0 Å². The van der Waals surface area contributed by atoms with E-state index in [0.29, 0.717) is 28.8 Å². The van der Waals surface area contributed by atoms with E-state index in [1.165, 1.54) is 19.3 Å². The number of hydrogen-bond donors (Lipinski definition) is 1. The van der Waals surface area contributed by atoms with Crippen LogP contribution in [-0.2, 0) is 0 Å². The van der Waals surface area contributed by atoms with Crippen LogP contribution in [0.5, 0.6) is 11.5 Å². The molecule has 1 N–H and O–H groups in total. The fourth-order valence-corrected chi connectivity index (χ4v) is 3.65. The predicted molar refractivity (Wildman–Crippen MR) is 100 cm³/mol. The molecule has 0 aliphatic carbocycles. The van der Waals surface area contributed by atoms with Crippen molar-refractivity contribution in [2.45, 2.75) is 38.6 Å². The standard InChI is InChI=1S/C20H23N3O3/c1-2-16-5-3-4-8-23(16)17-9-14(11-21-12-17)20(24)22-15-6-7-18-19(10-15)26-13-25-18/h6-7,9-12,16H,2-5,8,13H2,1H3,(H,22,24). The first kappa shape index (κ1) is 16.7. The first-order valence-corrected chi connectivity index (χ1v) is 9.17. The van der Waals surface area contributed by atoms with Crippen LogP contribution in [0.15, 0.2) is 36.7 Å². The van der Waals surface area contributed by atoms with Gasteiger partial charge in [-0.15, -0.1) is 0 Å². The lowest BCUT2D eigenvalue weighted by Gasteiger charge is -2.37. The molecule has 0 spiro atoms. The molecule has 0 radical (unpaired) electrons. The number of amides is 1. The van der Waals surface area contributed by atoms with Crippen LogP contribution in [0.25, 0.3) is 0 Å². The van der Waals surface area contributed by atoms with Gasteiger partial charge < -0.3 is 19.7 Å². The highest BCUT2D eigenvalue weighted by Gasteiger charge is 2.22. The van der Waals surface area contributed by atoms with Crippen molar-refractivity contribution in [3.63, 3.8) is 0 Å². The van der Waals surface area contributed by atoms with E-state index in [4.69, 9.17) is 9.47 Å². The third-order valence-corrected chi connectivity index (χ3v) is 5.05. The van der Waals surface area contributed by atoms with Crippen molar-refractivity contribution in [1.82, 2.24) is 4.98 Å². The van der Waals surface area contributed by atoms with Gasteiger partial charge in [0.2, 0.25) is 6.79 Å². The van der Waals surface area contributed by atoms with Crippen molar-refractivity contribution < 1.29 is 14.3 Å². The number of benzene rings is 1. The highest BCUT2D eigenvalue weighted by molar-refractivity contribution is 6.04. The molecule has 4 rings (SSSR count). The van der Waals surface area contributed by atoms with Gasteiger partial charge >= 0.3 is 0 Å². The molecule has 6 nitrogen and oxygen atoms in total. The quantitative estimate of drug-likeness (QED) is 0.905. The van der Waals surface area contributed by atoms with Gasteiger partial charge in [0.1, 0.15) is 0 Å². The van der Waals surface area contributed by atoms with Crippen LogP contribution in [-0.4, -0.2) is 30.3 Å². The van der Waals surface area contributed by atoms with Crippen molar-refractivity contribution in [3.05, 3.63) is 42.2 Å². The normalized spacial score (nSPS) is 18.7. The largest absolute Gasteiger partial charge is 0.454 e. The lowest BCUT2D eigenvalue weighted by molar-refractivity contribution is 0.102. The Balaban J connectivity index is 1.51. The molecule has 2 aromatic rings. The van der Waals surface area contributed by atoms with Gasteiger partial charge in [-0.1, -0.05) is 6.92 Å². The number of nitrogens with zero attached hydrogens (tertiary/aromatic N) is 2. The Morgan fingerprint density at radius 1 is 1.23 bits per heavy atom. The van der Waals surface area contributed by atoms with Gasteiger partial charge in [-0.3, -0.25) is 9.78 Å². The highest BCUT2D eigenvalue weighted by Crippen LogP contribution is 2.34. The molecule has 2 aliphatic rings. The molecular weight excluding hydrogens is 330 g/mol. The van der Waals surface area contributed by atoms with Crippen LogP contribution in [0.4, 0.5) is 11.4 Å². The van der Waals surface area contributed by atoms with E-state index >= 15 is 0 Å². The molecule has 1 aromatic carbocycles. The lowest BCUT2D eigenvalue weighted by Crippen LogP contribution is -2.39. The zero-order chi connectivity index (χ0) is 17.9. The fourth-order valence-electron chi connectivity index (χ4n) is 3.65. The molecule has 1 fully saturated rings. The summed E-state index contributed by atoms with van der Waals surface area (Å²) < 4.78 is 10.7. The minimum atomic E-state index is -0.178. The SMILES string of the molecule is CCC1CCCCN1c1cncc(C(=O)Nc2ccc3c(c2)OCO3)c1. The Morgan fingerprint density at radius 2 is 2.12 bits per heavy atom. The maximum atomic E-state index is 12.7. The van der Waals surface area contributed by atoms with Gasteiger partial charge in [-0.05, 0) is 43.9 Å². The molecule has 26 heavy (non-hydrogen) atoms. The summed E-state index contributed by atoms with van der Waals surface area (Å²) in [5, 5.41) is 2.91. The van der Waals surface area contributed by atoms with Crippen molar-refractivity contribution in [2.24, 2.45) is 0 Å². The topological polar surface area (TPSA) is 63.7 Å². The molecule has 1 unspecified atom stereocenters. The van der Waals surface area contributed by atoms with E-state index in [0.717, 1.165) is 18.7 Å². The Morgan fingerprint density at radius 3 is 3.00 bits per heavy atom. The van der Waals surface area contributed by atoms with Crippen molar-refractivity contribution in [3.8, 4) is 11.5 Å². The maximum Gasteiger partial charge on any atom is 0.257 e. The van der Waals surface area contributed by atoms with Crippen LogP contribution in [0, 0.1) is 0 Å². The number of carbonyl (C=O) groups excluding carboxylic acids is 1. The minimum absolute atomic E-state index is 0.178. The number of pyridine rings is 1. The number of rotatable bonds is 4. The lowest BCUT2D eigenvalue weighted by atomic mass is 9.99. The number of piperidine rings is 1. The molecule has 3 heterocycles. The Bertz CT molecular complexity index is 809. The first-order valence-electron chi connectivity index (χ1n) is 9.17. The first-order chi connectivity index (χ1) is 12.7. The fraction of sp³-hybridized carbons (Fsp3) is 0.400. The van der Waals surface area contributed by atoms with Gasteiger partial charge in [0.05, 0.1) is 17.4 Å².